The number of hydrogen-bond acceptors (Lipinski definition) is 3. The molecule has 3 rings (SSSR count). The molecule has 1 aliphatic rings. The van der Waals surface area contributed by atoms with Crippen molar-refractivity contribution in [1.29, 1.82) is 0 Å². The SMILES string of the molecule is CCC1CCC(C)(C(NC(=O)c2cc(Cl)c(N)c(Cl)c2)c2ccccc2)NC1. The molecule has 1 heterocycles. The average molecular weight is 420 g/mol. The van der Waals surface area contributed by atoms with Gasteiger partial charge in [-0.1, -0.05) is 66.9 Å². The Labute approximate surface area is 176 Å². The summed E-state index contributed by atoms with van der Waals surface area (Å²) >= 11 is 12.2. The summed E-state index contributed by atoms with van der Waals surface area (Å²) in [6.45, 7) is 5.35. The van der Waals surface area contributed by atoms with Crippen molar-refractivity contribution in [3.8, 4) is 0 Å². The lowest BCUT2D eigenvalue weighted by Gasteiger charge is -2.44. The van der Waals surface area contributed by atoms with E-state index in [9.17, 15) is 4.79 Å². The number of benzene rings is 2. The van der Waals surface area contributed by atoms with E-state index in [4.69, 9.17) is 28.9 Å². The van der Waals surface area contributed by atoms with Crippen molar-refractivity contribution in [3.05, 3.63) is 63.6 Å². The number of hydrogen-bond donors (Lipinski definition) is 3. The van der Waals surface area contributed by atoms with Crippen molar-refractivity contribution < 1.29 is 4.79 Å². The van der Waals surface area contributed by atoms with E-state index in [1.165, 1.54) is 0 Å². The first-order valence-corrected chi connectivity index (χ1v) is 10.4. The molecule has 0 bridgehead atoms. The van der Waals surface area contributed by atoms with Crippen molar-refractivity contribution in [1.82, 2.24) is 10.6 Å². The van der Waals surface area contributed by atoms with E-state index >= 15 is 0 Å². The molecule has 3 atom stereocenters. The number of anilines is 1. The van der Waals surface area contributed by atoms with Crippen molar-refractivity contribution in [2.75, 3.05) is 12.3 Å². The zero-order valence-corrected chi connectivity index (χ0v) is 17.8. The molecule has 0 radical (unpaired) electrons. The second kappa shape index (κ2) is 8.73. The van der Waals surface area contributed by atoms with Gasteiger partial charge in [-0.25, -0.2) is 0 Å². The van der Waals surface area contributed by atoms with Crippen LogP contribution in [0.2, 0.25) is 10.0 Å². The molecule has 1 fully saturated rings. The van der Waals surface area contributed by atoms with Gasteiger partial charge in [0.25, 0.3) is 5.91 Å². The number of carbonyl (C=O) groups is 1. The summed E-state index contributed by atoms with van der Waals surface area (Å²) in [7, 11) is 0. The Kier molecular flexibility index (Phi) is 6.54. The van der Waals surface area contributed by atoms with Crippen LogP contribution < -0.4 is 16.4 Å². The third-order valence-electron chi connectivity index (χ3n) is 5.83. The van der Waals surface area contributed by atoms with Gasteiger partial charge in [0.15, 0.2) is 0 Å². The first kappa shape index (κ1) is 21.0. The van der Waals surface area contributed by atoms with Gasteiger partial charge >= 0.3 is 0 Å². The van der Waals surface area contributed by atoms with Crippen LogP contribution in [0.5, 0.6) is 0 Å². The summed E-state index contributed by atoms with van der Waals surface area (Å²) in [4.78, 5) is 13.1. The van der Waals surface area contributed by atoms with Crippen LogP contribution in [0.1, 0.15) is 55.1 Å². The van der Waals surface area contributed by atoms with Gasteiger partial charge in [0, 0.05) is 11.1 Å². The Morgan fingerprint density at radius 1 is 1.29 bits per heavy atom. The van der Waals surface area contributed by atoms with Crippen LogP contribution in [0, 0.1) is 5.92 Å². The van der Waals surface area contributed by atoms with Gasteiger partial charge < -0.3 is 16.4 Å². The van der Waals surface area contributed by atoms with Crippen molar-refractivity contribution in [3.63, 3.8) is 0 Å². The second-order valence-corrected chi connectivity index (χ2v) is 8.60. The lowest BCUT2D eigenvalue weighted by atomic mass is 9.77. The van der Waals surface area contributed by atoms with Crippen LogP contribution in [-0.4, -0.2) is 18.0 Å². The zero-order valence-electron chi connectivity index (χ0n) is 16.3. The lowest BCUT2D eigenvalue weighted by Crippen LogP contribution is -2.57. The van der Waals surface area contributed by atoms with E-state index in [0.717, 1.165) is 31.4 Å². The van der Waals surface area contributed by atoms with E-state index in [2.05, 4.69) is 24.5 Å². The van der Waals surface area contributed by atoms with Crippen LogP contribution in [-0.2, 0) is 0 Å². The van der Waals surface area contributed by atoms with Crippen LogP contribution in [0.25, 0.3) is 0 Å². The molecule has 4 N–H and O–H groups in total. The van der Waals surface area contributed by atoms with Gasteiger partial charge in [-0.05, 0) is 49.9 Å². The number of amides is 1. The number of nitrogens with one attached hydrogen (secondary N) is 2. The molecular formula is C22H27Cl2N3O. The lowest BCUT2D eigenvalue weighted by molar-refractivity contribution is 0.0878. The maximum atomic E-state index is 13.1. The molecule has 4 nitrogen and oxygen atoms in total. The molecule has 28 heavy (non-hydrogen) atoms. The molecular weight excluding hydrogens is 393 g/mol. The van der Waals surface area contributed by atoms with Crippen molar-refractivity contribution in [2.24, 2.45) is 5.92 Å². The number of carbonyl (C=O) groups excluding carboxylic acids is 1. The van der Waals surface area contributed by atoms with Crippen LogP contribution in [0.4, 0.5) is 5.69 Å². The van der Waals surface area contributed by atoms with E-state index < -0.39 is 0 Å². The molecule has 3 unspecified atom stereocenters. The highest BCUT2D eigenvalue weighted by Gasteiger charge is 2.39. The summed E-state index contributed by atoms with van der Waals surface area (Å²) in [5, 5.41) is 7.46. The molecule has 0 aliphatic carbocycles. The fourth-order valence-corrected chi connectivity index (χ4v) is 4.34. The van der Waals surface area contributed by atoms with Gasteiger partial charge in [-0.3, -0.25) is 4.79 Å². The molecule has 0 spiro atoms. The van der Waals surface area contributed by atoms with Crippen molar-refractivity contribution >= 4 is 34.8 Å². The van der Waals surface area contributed by atoms with Crippen molar-refractivity contribution in [2.45, 2.75) is 44.7 Å². The Morgan fingerprint density at radius 3 is 2.46 bits per heavy atom. The van der Waals surface area contributed by atoms with Gasteiger partial charge in [-0.15, -0.1) is 0 Å². The highest BCUT2D eigenvalue weighted by Crippen LogP contribution is 2.36. The van der Waals surface area contributed by atoms with Crippen LogP contribution in [0.3, 0.4) is 0 Å². The largest absolute Gasteiger partial charge is 0.396 e. The third kappa shape index (κ3) is 4.45. The zero-order chi connectivity index (χ0) is 20.3. The summed E-state index contributed by atoms with van der Waals surface area (Å²) in [5.74, 6) is 0.452. The van der Waals surface area contributed by atoms with E-state index in [1.54, 1.807) is 12.1 Å². The summed E-state index contributed by atoms with van der Waals surface area (Å²) < 4.78 is 0. The Morgan fingerprint density at radius 2 is 1.93 bits per heavy atom. The smallest absolute Gasteiger partial charge is 0.251 e. The highest BCUT2D eigenvalue weighted by molar-refractivity contribution is 6.39. The van der Waals surface area contributed by atoms with Crippen LogP contribution in [0.15, 0.2) is 42.5 Å². The average Bonchev–Trinajstić information content (AvgIpc) is 2.70. The van der Waals surface area contributed by atoms with E-state index in [0.29, 0.717) is 11.5 Å². The number of nitrogen functional groups attached to an aromatic ring is 1. The standard InChI is InChI=1S/C22H27Cl2N3O/c1-3-14-9-10-22(2,26-13-14)20(15-7-5-4-6-8-15)27-21(28)16-11-17(23)19(25)18(24)12-16/h4-8,11-12,14,20,26H,3,9-10,13,25H2,1-2H3,(H,27,28). The predicted molar refractivity (Wildman–Crippen MR) is 117 cm³/mol. The maximum Gasteiger partial charge on any atom is 0.251 e. The van der Waals surface area contributed by atoms with Gasteiger partial charge in [0.2, 0.25) is 0 Å². The summed E-state index contributed by atoms with van der Waals surface area (Å²) in [6.07, 6.45) is 3.28. The predicted octanol–water partition coefficient (Wildman–Crippen LogP) is 5.22. The Bertz CT molecular complexity index is 810. The molecule has 1 saturated heterocycles. The fourth-order valence-electron chi connectivity index (χ4n) is 3.85. The molecule has 2 aromatic carbocycles. The minimum atomic E-state index is -0.246. The summed E-state index contributed by atoms with van der Waals surface area (Å²) in [6, 6.07) is 13.0. The maximum absolute atomic E-state index is 13.1. The third-order valence-corrected chi connectivity index (χ3v) is 6.46. The number of nitrogens with two attached hydrogens (primary N) is 1. The fraction of sp³-hybridized carbons (Fsp3) is 0.409. The first-order valence-electron chi connectivity index (χ1n) is 9.69. The number of piperidine rings is 1. The molecule has 0 aromatic heterocycles. The molecule has 6 heteroatoms. The first-order chi connectivity index (χ1) is 13.3. The number of rotatable bonds is 5. The quantitative estimate of drug-likeness (QED) is 0.582. The molecule has 1 aliphatic heterocycles. The van der Waals surface area contributed by atoms with Crippen LogP contribution >= 0.6 is 23.2 Å². The molecule has 0 saturated carbocycles. The summed E-state index contributed by atoms with van der Waals surface area (Å²) in [5.41, 5.74) is 7.30. The topological polar surface area (TPSA) is 67.2 Å². The highest BCUT2D eigenvalue weighted by atomic mass is 35.5. The van der Waals surface area contributed by atoms with E-state index in [-0.39, 0.29) is 33.2 Å². The van der Waals surface area contributed by atoms with E-state index in [1.807, 2.05) is 30.3 Å². The number of halogens is 2. The second-order valence-electron chi connectivity index (χ2n) is 7.78. The van der Waals surface area contributed by atoms with Gasteiger partial charge in [0.1, 0.15) is 0 Å². The van der Waals surface area contributed by atoms with Gasteiger partial charge in [0.05, 0.1) is 21.8 Å². The van der Waals surface area contributed by atoms with Gasteiger partial charge in [-0.2, -0.15) is 0 Å². The monoisotopic (exact) mass is 419 g/mol. The minimum Gasteiger partial charge on any atom is -0.396 e. The Hall–Kier alpha value is -1.75. The minimum absolute atomic E-state index is 0.186. The normalized spacial score (nSPS) is 23.2. The molecule has 2 aromatic rings. The Balaban J connectivity index is 1.89. The molecule has 1 amide bonds. The molecule has 150 valence electrons.